The molecule has 0 radical (unpaired) electrons. The predicted molar refractivity (Wildman–Crippen MR) is 30.5 cm³/mol. The van der Waals surface area contributed by atoms with Crippen LogP contribution < -0.4 is 0 Å². The van der Waals surface area contributed by atoms with Crippen molar-refractivity contribution in [3.63, 3.8) is 0 Å². The highest BCUT2D eigenvalue weighted by atomic mass is 19.2. The Morgan fingerprint density at radius 3 is 1.55 bits per heavy atom. The average Bonchev–Trinajstić information content (AvgIpc) is 2.40. The SMILES string of the molecule is OC1C(O)C2OC1C(F)C2F. The first-order chi connectivity index (χ1) is 5.13. The van der Waals surface area contributed by atoms with Crippen molar-refractivity contribution in [1.29, 1.82) is 0 Å². The molecule has 64 valence electrons. The number of hydrogen-bond donors (Lipinski definition) is 2. The summed E-state index contributed by atoms with van der Waals surface area (Å²) in [5.74, 6) is 0. The molecule has 0 aromatic carbocycles. The van der Waals surface area contributed by atoms with Gasteiger partial charge in [-0.05, 0) is 0 Å². The van der Waals surface area contributed by atoms with E-state index < -0.39 is 36.8 Å². The molecule has 3 nitrogen and oxygen atoms in total. The van der Waals surface area contributed by atoms with Gasteiger partial charge < -0.3 is 14.9 Å². The molecule has 0 spiro atoms. The molecule has 2 saturated heterocycles. The molecule has 11 heavy (non-hydrogen) atoms. The number of aliphatic hydroxyl groups excluding tert-OH is 2. The lowest BCUT2D eigenvalue weighted by Crippen LogP contribution is -2.48. The largest absolute Gasteiger partial charge is 0.387 e. The van der Waals surface area contributed by atoms with Crippen LogP contribution in [0.15, 0.2) is 0 Å². The molecule has 2 aliphatic heterocycles. The Bertz CT molecular complexity index is 143. The summed E-state index contributed by atoms with van der Waals surface area (Å²) >= 11 is 0. The van der Waals surface area contributed by atoms with Crippen LogP contribution in [0.2, 0.25) is 0 Å². The predicted octanol–water partition coefficient (Wildman–Crippen LogP) is -0.835. The molecule has 2 heterocycles. The van der Waals surface area contributed by atoms with Crippen LogP contribution in [-0.4, -0.2) is 47.0 Å². The molecule has 2 bridgehead atoms. The normalized spacial score (nSPS) is 62.2. The summed E-state index contributed by atoms with van der Waals surface area (Å²) in [6, 6.07) is 0. The molecular formula is C6H8F2O3. The zero-order valence-corrected chi connectivity index (χ0v) is 5.52. The smallest absolute Gasteiger partial charge is 0.162 e. The summed E-state index contributed by atoms with van der Waals surface area (Å²) in [5.41, 5.74) is 0. The second kappa shape index (κ2) is 2.12. The first kappa shape index (κ1) is 7.39. The van der Waals surface area contributed by atoms with Gasteiger partial charge in [-0.2, -0.15) is 0 Å². The van der Waals surface area contributed by atoms with Gasteiger partial charge in [0.25, 0.3) is 0 Å². The lowest BCUT2D eigenvalue weighted by atomic mass is 9.92. The van der Waals surface area contributed by atoms with Gasteiger partial charge in [0.2, 0.25) is 0 Å². The van der Waals surface area contributed by atoms with Crippen molar-refractivity contribution >= 4 is 0 Å². The number of rotatable bonds is 0. The van der Waals surface area contributed by atoms with Crippen molar-refractivity contribution in [3.05, 3.63) is 0 Å². The van der Waals surface area contributed by atoms with Gasteiger partial charge in [-0.25, -0.2) is 8.78 Å². The highest BCUT2D eigenvalue weighted by Crippen LogP contribution is 2.38. The first-order valence-electron chi connectivity index (χ1n) is 3.42. The fourth-order valence-electron chi connectivity index (χ4n) is 1.62. The van der Waals surface area contributed by atoms with E-state index in [0.717, 1.165) is 0 Å². The average molecular weight is 166 g/mol. The summed E-state index contributed by atoms with van der Waals surface area (Å²) in [4.78, 5) is 0. The third-order valence-corrected chi connectivity index (χ3v) is 2.27. The summed E-state index contributed by atoms with van der Waals surface area (Å²) in [6.07, 6.45) is -8.49. The Hall–Kier alpha value is -0.260. The molecule has 2 aliphatic rings. The molecule has 2 N–H and O–H groups in total. The molecule has 0 saturated carbocycles. The number of aliphatic hydroxyl groups is 2. The van der Waals surface area contributed by atoms with Gasteiger partial charge in [-0.15, -0.1) is 0 Å². The highest BCUT2D eigenvalue weighted by Gasteiger charge is 2.60. The minimum Gasteiger partial charge on any atom is -0.387 e. The topological polar surface area (TPSA) is 49.7 Å². The Balaban J connectivity index is 2.21. The van der Waals surface area contributed by atoms with E-state index in [9.17, 15) is 8.78 Å². The summed E-state index contributed by atoms with van der Waals surface area (Å²) in [5, 5.41) is 18.0. The number of halogens is 2. The van der Waals surface area contributed by atoms with Crippen LogP contribution in [0.1, 0.15) is 0 Å². The zero-order valence-electron chi connectivity index (χ0n) is 5.52. The van der Waals surface area contributed by atoms with Crippen molar-refractivity contribution in [2.45, 2.75) is 36.8 Å². The van der Waals surface area contributed by atoms with Crippen molar-refractivity contribution in [2.24, 2.45) is 0 Å². The van der Waals surface area contributed by atoms with Gasteiger partial charge in [-0.3, -0.25) is 0 Å². The third-order valence-electron chi connectivity index (χ3n) is 2.27. The molecule has 0 aromatic heterocycles. The van der Waals surface area contributed by atoms with Gasteiger partial charge in [0.15, 0.2) is 12.3 Å². The van der Waals surface area contributed by atoms with E-state index in [2.05, 4.69) is 4.74 Å². The Morgan fingerprint density at radius 2 is 1.27 bits per heavy atom. The van der Waals surface area contributed by atoms with Crippen molar-refractivity contribution in [2.75, 3.05) is 0 Å². The fraction of sp³-hybridized carbons (Fsp3) is 1.00. The van der Waals surface area contributed by atoms with Crippen molar-refractivity contribution in [3.8, 4) is 0 Å². The molecule has 0 aromatic rings. The Kier molecular flexibility index (Phi) is 1.42. The van der Waals surface area contributed by atoms with E-state index in [0.29, 0.717) is 0 Å². The second-order valence-electron chi connectivity index (χ2n) is 2.94. The monoisotopic (exact) mass is 166 g/mol. The van der Waals surface area contributed by atoms with Crippen LogP contribution in [0.3, 0.4) is 0 Å². The summed E-state index contributed by atoms with van der Waals surface area (Å²) in [6.45, 7) is 0. The lowest BCUT2D eigenvalue weighted by molar-refractivity contribution is -0.0360. The number of alkyl halides is 2. The number of hydrogen-bond acceptors (Lipinski definition) is 3. The van der Waals surface area contributed by atoms with E-state index >= 15 is 0 Å². The Morgan fingerprint density at radius 1 is 0.909 bits per heavy atom. The Labute approximate surface area is 61.6 Å². The van der Waals surface area contributed by atoms with Crippen LogP contribution in [0.25, 0.3) is 0 Å². The van der Waals surface area contributed by atoms with Gasteiger partial charge in [-0.1, -0.05) is 0 Å². The molecule has 6 unspecified atom stereocenters. The number of ether oxygens (including phenoxy) is 1. The zero-order chi connectivity index (χ0) is 8.17. The van der Waals surface area contributed by atoms with E-state index in [4.69, 9.17) is 10.2 Å². The second-order valence-corrected chi connectivity index (χ2v) is 2.94. The van der Waals surface area contributed by atoms with Crippen LogP contribution in [0.4, 0.5) is 8.78 Å². The van der Waals surface area contributed by atoms with Crippen molar-refractivity contribution < 1.29 is 23.7 Å². The van der Waals surface area contributed by atoms with Gasteiger partial charge in [0, 0.05) is 0 Å². The van der Waals surface area contributed by atoms with Crippen LogP contribution >= 0.6 is 0 Å². The molecule has 2 rings (SSSR count). The van der Waals surface area contributed by atoms with E-state index in [1.807, 2.05) is 0 Å². The lowest BCUT2D eigenvalue weighted by Gasteiger charge is -2.23. The molecular weight excluding hydrogens is 158 g/mol. The van der Waals surface area contributed by atoms with Crippen LogP contribution in [0, 0.1) is 0 Å². The maximum absolute atomic E-state index is 12.7. The maximum atomic E-state index is 12.7. The van der Waals surface area contributed by atoms with E-state index in [1.54, 1.807) is 0 Å². The highest BCUT2D eigenvalue weighted by molar-refractivity contribution is 5.07. The van der Waals surface area contributed by atoms with Crippen molar-refractivity contribution in [1.82, 2.24) is 0 Å². The standard InChI is InChI=1S/C6H8F2O3/c7-1-2(8)6-4(10)3(9)5(1)11-6/h1-6,9-10H. The van der Waals surface area contributed by atoms with E-state index in [1.165, 1.54) is 0 Å². The minimum absolute atomic E-state index is 1.18. The summed E-state index contributed by atoms with van der Waals surface area (Å²) in [7, 11) is 0. The van der Waals surface area contributed by atoms with Crippen LogP contribution in [-0.2, 0) is 4.74 Å². The fourth-order valence-corrected chi connectivity index (χ4v) is 1.62. The number of fused-ring (bicyclic) bond motifs is 2. The van der Waals surface area contributed by atoms with Gasteiger partial charge >= 0.3 is 0 Å². The minimum atomic E-state index is -1.79. The van der Waals surface area contributed by atoms with E-state index in [-0.39, 0.29) is 0 Å². The molecule has 5 heteroatoms. The summed E-state index contributed by atoms with van der Waals surface area (Å²) < 4.78 is 30.0. The third kappa shape index (κ3) is 0.758. The molecule has 6 atom stereocenters. The molecule has 0 aliphatic carbocycles. The van der Waals surface area contributed by atoms with Gasteiger partial charge in [0.05, 0.1) is 0 Å². The van der Waals surface area contributed by atoms with Gasteiger partial charge in [0.1, 0.15) is 24.4 Å². The molecule has 0 amide bonds. The quantitative estimate of drug-likeness (QED) is 0.493. The first-order valence-corrected chi connectivity index (χ1v) is 3.42. The molecule has 2 fully saturated rings. The van der Waals surface area contributed by atoms with Crippen LogP contribution in [0.5, 0.6) is 0 Å². The maximum Gasteiger partial charge on any atom is 0.162 e.